The zero-order valence-corrected chi connectivity index (χ0v) is 10.7. The van der Waals surface area contributed by atoms with E-state index < -0.39 is 0 Å². The number of nitrogens with zero attached hydrogens (tertiary/aromatic N) is 1. The molecule has 0 saturated heterocycles. The van der Waals surface area contributed by atoms with Crippen molar-refractivity contribution in [3.8, 4) is 0 Å². The molecule has 1 amide bonds. The number of carbonyl (C=O) groups excluding carboxylic acids is 1. The summed E-state index contributed by atoms with van der Waals surface area (Å²) in [5.74, 6) is 0.799. The molecule has 0 radical (unpaired) electrons. The molecule has 3 nitrogen and oxygen atoms in total. The maximum Gasteiger partial charge on any atom is 0.239 e. The van der Waals surface area contributed by atoms with Crippen LogP contribution >= 0.6 is 15.9 Å². The summed E-state index contributed by atoms with van der Waals surface area (Å²) in [6.45, 7) is 5.93. The lowest BCUT2D eigenvalue weighted by Crippen LogP contribution is -2.27. The van der Waals surface area contributed by atoms with Crippen molar-refractivity contribution >= 4 is 27.7 Å². The van der Waals surface area contributed by atoms with Crippen molar-refractivity contribution in [2.45, 2.75) is 25.6 Å². The molecule has 1 N–H and O–H groups in total. The molecule has 4 heteroatoms. The fraction of sp³-hybridized carbons (Fsp3) is 0.455. The topological polar surface area (TPSA) is 42.0 Å². The molecule has 0 spiro atoms. The number of aryl methyl sites for hydroxylation is 1. The lowest BCUT2D eigenvalue weighted by molar-refractivity contribution is -0.116. The van der Waals surface area contributed by atoms with E-state index in [4.69, 9.17) is 0 Å². The van der Waals surface area contributed by atoms with Gasteiger partial charge in [0.1, 0.15) is 5.82 Å². The van der Waals surface area contributed by atoms with Gasteiger partial charge in [-0.05, 0) is 24.5 Å². The van der Waals surface area contributed by atoms with Crippen LogP contribution in [0.4, 0.5) is 5.82 Å². The summed E-state index contributed by atoms with van der Waals surface area (Å²) in [6, 6.07) is 3.72. The second kappa shape index (κ2) is 5.26. The first kappa shape index (κ1) is 12.2. The van der Waals surface area contributed by atoms with E-state index in [1.165, 1.54) is 0 Å². The molecule has 1 heterocycles. The number of hydrogen-bond acceptors (Lipinski definition) is 2. The Hall–Kier alpha value is -0.900. The van der Waals surface area contributed by atoms with Gasteiger partial charge >= 0.3 is 0 Å². The molecule has 0 bridgehead atoms. The summed E-state index contributed by atoms with van der Waals surface area (Å²) in [5.41, 5.74) is 1.08. The molecule has 0 aliphatic carbocycles. The molecule has 15 heavy (non-hydrogen) atoms. The summed E-state index contributed by atoms with van der Waals surface area (Å²) >= 11 is 3.34. The van der Waals surface area contributed by atoms with Crippen LogP contribution in [0.5, 0.6) is 0 Å². The Morgan fingerprint density at radius 2 is 2.13 bits per heavy atom. The molecule has 0 aromatic carbocycles. The minimum absolute atomic E-state index is 0.0543. The molecule has 0 aliphatic rings. The lowest BCUT2D eigenvalue weighted by atomic mass is 10.1. The summed E-state index contributed by atoms with van der Waals surface area (Å²) < 4.78 is 0. The van der Waals surface area contributed by atoms with Gasteiger partial charge in [-0.3, -0.25) is 4.79 Å². The van der Waals surface area contributed by atoms with E-state index >= 15 is 0 Å². The van der Waals surface area contributed by atoms with Gasteiger partial charge in [-0.1, -0.05) is 35.8 Å². The van der Waals surface area contributed by atoms with Crippen LogP contribution in [0.25, 0.3) is 0 Å². The van der Waals surface area contributed by atoms with Crippen LogP contribution in [-0.4, -0.2) is 15.7 Å². The minimum Gasteiger partial charge on any atom is -0.310 e. The third-order valence-electron chi connectivity index (χ3n) is 2.00. The molecule has 1 atom stereocenters. The van der Waals surface area contributed by atoms with Crippen molar-refractivity contribution in [1.82, 2.24) is 4.98 Å². The quantitative estimate of drug-likeness (QED) is 0.859. The number of pyridine rings is 1. The van der Waals surface area contributed by atoms with E-state index in [-0.39, 0.29) is 16.7 Å². The number of halogens is 1. The van der Waals surface area contributed by atoms with E-state index in [1.807, 2.05) is 26.8 Å². The van der Waals surface area contributed by atoms with Gasteiger partial charge < -0.3 is 5.32 Å². The van der Waals surface area contributed by atoms with Crippen molar-refractivity contribution in [3.63, 3.8) is 0 Å². The first-order valence-corrected chi connectivity index (χ1v) is 5.80. The third kappa shape index (κ3) is 3.63. The minimum atomic E-state index is -0.180. The number of rotatable bonds is 3. The monoisotopic (exact) mass is 270 g/mol. The van der Waals surface area contributed by atoms with E-state index in [2.05, 4.69) is 26.2 Å². The van der Waals surface area contributed by atoms with E-state index in [1.54, 1.807) is 12.3 Å². The Labute approximate surface area is 98.4 Å². The highest BCUT2D eigenvalue weighted by molar-refractivity contribution is 9.10. The second-order valence-electron chi connectivity index (χ2n) is 3.86. The first-order valence-electron chi connectivity index (χ1n) is 4.88. The first-order chi connectivity index (χ1) is 7.00. The number of alkyl halides is 1. The summed E-state index contributed by atoms with van der Waals surface area (Å²) in [4.78, 5) is 15.6. The summed E-state index contributed by atoms with van der Waals surface area (Å²) in [7, 11) is 0. The van der Waals surface area contributed by atoms with Gasteiger partial charge in [0.25, 0.3) is 0 Å². The maximum atomic E-state index is 11.6. The number of amides is 1. The van der Waals surface area contributed by atoms with Crippen molar-refractivity contribution in [1.29, 1.82) is 0 Å². The van der Waals surface area contributed by atoms with Crippen LogP contribution in [-0.2, 0) is 4.79 Å². The van der Waals surface area contributed by atoms with E-state index in [9.17, 15) is 4.79 Å². The SMILES string of the molecule is Cc1ccc(NC(=O)C(Br)C(C)C)nc1. The third-order valence-corrected chi connectivity index (χ3v) is 3.47. The largest absolute Gasteiger partial charge is 0.310 e. The molecule has 1 unspecified atom stereocenters. The van der Waals surface area contributed by atoms with Crippen molar-refractivity contribution < 1.29 is 4.79 Å². The van der Waals surface area contributed by atoms with Gasteiger partial charge in [-0.15, -0.1) is 0 Å². The van der Waals surface area contributed by atoms with Gasteiger partial charge in [0.15, 0.2) is 0 Å². The number of anilines is 1. The lowest BCUT2D eigenvalue weighted by Gasteiger charge is -2.13. The molecule has 0 aliphatic heterocycles. The van der Waals surface area contributed by atoms with Gasteiger partial charge in [0.2, 0.25) is 5.91 Å². The van der Waals surface area contributed by atoms with Gasteiger partial charge in [-0.25, -0.2) is 4.98 Å². The molecular formula is C11H15BrN2O. The maximum absolute atomic E-state index is 11.6. The van der Waals surface area contributed by atoms with Gasteiger partial charge in [0.05, 0.1) is 4.83 Å². The average Bonchev–Trinajstić information content (AvgIpc) is 2.20. The zero-order valence-electron chi connectivity index (χ0n) is 9.12. The number of hydrogen-bond donors (Lipinski definition) is 1. The summed E-state index contributed by atoms with van der Waals surface area (Å²) in [6.07, 6.45) is 1.73. The van der Waals surface area contributed by atoms with Crippen molar-refractivity contribution in [2.24, 2.45) is 5.92 Å². The molecule has 0 saturated carbocycles. The Balaban J connectivity index is 2.62. The molecule has 82 valence electrons. The van der Waals surface area contributed by atoms with E-state index in [0.29, 0.717) is 5.82 Å². The van der Waals surface area contributed by atoms with Crippen LogP contribution in [0.2, 0.25) is 0 Å². The van der Waals surface area contributed by atoms with E-state index in [0.717, 1.165) is 5.56 Å². The molecule has 1 aromatic heterocycles. The van der Waals surface area contributed by atoms with Crippen LogP contribution in [0, 0.1) is 12.8 Å². The van der Waals surface area contributed by atoms with Crippen LogP contribution in [0.3, 0.4) is 0 Å². The highest BCUT2D eigenvalue weighted by Gasteiger charge is 2.18. The highest BCUT2D eigenvalue weighted by Crippen LogP contribution is 2.14. The second-order valence-corrected chi connectivity index (χ2v) is 4.84. The Morgan fingerprint density at radius 3 is 2.60 bits per heavy atom. The molecule has 1 aromatic rings. The number of nitrogens with one attached hydrogen (secondary N) is 1. The van der Waals surface area contributed by atoms with Gasteiger partial charge in [-0.2, -0.15) is 0 Å². The molecule has 0 fully saturated rings. The molecule has 1 rings (SSSR count). The Morgan fingerprint density at radius 1 is 1.47 bits per heavy atom. The molecular weight excluding hydrogens is 256 g/mol. The standard InChI is InChI=1S/C11H15BrN2O/c1-7(2)10(12)11(15)14-9-5-4-8(3)6-13-9/h4-7,10H,1-3H3,(H,13,14,15). The average molecular weight is 271 g/mol. The van der Waals surface area contributed by atoms with Crippen LogP contribution in [0.1, 0.15) is 19.4 Å². The normalized spacial score (nSPS) is 12.6. The summed E-state index contributed by atoms with van der Waals surface area (Å²) in [5, 5.41) is 2.75. The smallest absolute Gasteiger partial charge is 0.239 e. The van der Waals surface area contributed by atoms with Crippen LogP contribution in [0.15, 0.2) is 18.3 Å². The predicted molar refractivity (Wildman–Crippen MR) is 65.2 cm³/mol. The van der Waals surface area contributed by atoms with Crippen molar-refractivity contribution in [2.75, 3.05) is 5.32 Å². The number of aromatic nitrogens is 1. The predicted octanol–water partition coefficient (Wildman–Crippen LogP) is 2.75. The van der Waals surface area contributed by atoms with Gasteiger partial charge in [0, 0.05) is 6.20 Å². The zero-order chi connectivity index (χ0) is 11.4. The fourth-order valence-corrected chi connectivity index (χ4v) is 1.15. The fourth-order valence-electron chi connectivity index (χ4n) is 1.04. The Bertz CT molecular complexity index is 335. The van der Waals surface area contributed by atoms with Crippen LogP contribution < -0.4 is 5.32 Å². The number of carbonyl (C=O) groups is 1. The Kier molecular flexibility index (Phi) is 4.27. The van der Waals surface area contributed by atoms with Crippen molar-refractivity contribution in [3.05, 3.63) is 23.9 Å². The highest BCUT2D eigenvalue weighted by atomic mass is 79.9.